The highest BCUT2D eigenvalue weighted by Gasteiger charge is 1.93. The van der Waals surface area contributed by atoms with Crippen LogP contribution in [0.5, 0.6) is 0 Å². The minimum absolute atomic E-state index is 0.706. The number of hydrogen-bond acceptors (Lipinski definition) is 1. The molecule has 0 aliphatic carbocycles. The standard InChI is InChI=1S/C10H17N/c1-5-10(8(2)3)7-6-9(4)11/h7H,2,4-6,11H2,1,3H3/b10-7-. The molecule has 0 rings (SSSR count). The highest BCUT2D eigenvalue weighted by molar-refractivity contribution is 5.26. The van der Waals surface area contributed by atoms with Gasteiger partial charge in [0, 0.05) is 12.1 Å². The summed E-state index contributed by atoms with van der Waals surface area (Å²) in [7, 11) is 0. The molecular formula is C10H17N. The Bertz CT molecular complexity index is 187. The molecule has 1 heteroatoms. The van der Waals surface area contributed by atoms with Crippen LogP contribution in [-0.2, 0) is 0 Å². The average molecular weight is 151 g/mol. The zero-order valence-electron chi connectivity index (χ0n) is 7.48. The molecule has 0 aromatic heterocycles. The van der Waals surface area contributed by atoms with Crippen molar-refractivity contribution in [2.75, 3.05) is 0 Å². The van der Waals surface area contributed by atoms with E-state index in [0.29, 0.717) is 5.70 Å². The minimum atomic E-state index is 0.706. The van der Waals surface area contributed by atoms with Crippen LogP contribution in [0.1, 0.15) is 26.7 Å². The highest BCUT2D eigenvalue weighted by Crippen LogP contribution is 2.12. The van der Waals surface area contributed by atoms with Gasteiger partial charge in [0.1, 0.15) is 0 Å². The lowest BCUT2D eigenvalue weighted by Gasteiger charge is -2.02. The second kappa shape index (κ2) is 4.78. The second-order valence-electron chi connectivity index (χ2n) is 2.73. The molecule has 0 unspecified atom stereocenters. The predicted octanol–water partition coefficient (Wildman–Crippen LogP) is 2.76. The summed E-state index contributed by atoms with van der Waals surface area (Å²) in [4.78, 5) is 0. The highest BCUT2D eigenvalue weighted by atomic mass is 14.5. The van der Waals surface area contributed by atoms with Gasteiger partial charge in [-0.25, -0.2) is 0 Å². The van der Waals surface area contributed by atoms with Gasteiger partial charge in [0.2, 0.25) is 0 Å². The largest absolute Gasteiger partial charge is 0.402 e. The Hall–Kier alpha value is -0.980. The summed E-state index contributed by atoms with van der Waals surface area (Å²) in [5.74, 6) is 0. The first-order valence-corrected chi connectivity index (χ1v) is 3.86. The van der Waals surface area contributed by atoms with Gasteiger partial charge in [0.15, 0.2) is 0 Å². The van der Waals surface area contributed by atoms with Crippen molar-refractivity contribution in [3.63, 3.8) is 0 Å². The van der Waals surface area contributed by atoms with E-state index < -0.39 is 0 Å². The van der Waals surface area contributed by atoms with Crippen molar-refractivity contribution in [1.82, 2.24) is 0 Å². The van der Waals surface area contributed by atoms with Crippen LogP contribution in [0.15, 0.2) is 36.1 Å². The third kappa shape index (κ3) is 4.43. The monoisotopic (exact) mass is 151 g/mol. The Morgan fingerprint density at radius 2 is 2.00 bits per heavy atom. The molecular weight excluding hydrogens is 134 g/mol. The van der Waals surface area contributed by atoms with Crippen LogP contribution in [0.3, 0.4) is 0 Å². The zero-order valence-corrected chi connectivity index (χ0v) is 7.48. The molecule has 0 aromatic carbocycles. The van der Waals surface area contributed by atoms with E-state index in [0.717, 1.165) is 18.4 Å². The molecule has 11 heavy (non-hydrogen) atoms. The van der Waals surface area contributed by atoms with Crippen LogP contribution < -0.4 is 5.73 Å². The first-order valence-electron chi connectivity index (χ1n) is 3.86. The van der Waals surface area contributed by atoms with Crippen molar-refractivity contribution < 1.29 is 0 Å². The quantitative estimate of drug-likeness (QED) is 0.614. The summed E-state index contributed by atoms with van der Waals surface area (Å²) < 4.78 is 0. The molecule has 0 bridgehead atoms. The molecule has 0 heterocycles. The normalized spacial score (nSPS) is 11.3. The van der Waals surface area contributed by atoms with Crippen molar-refractivity contribution >= 4 is 0 Å². The molecule has 0 fully saturated rings. The van der Waals surface area contributed by atoms with Crippen LogP contribution in [0, 0.1) is 0 Å². The van der Waals surface area contributed by atoms with Gasteiger partial charge in [-0.05, 0) is 18.9 Å². The molecule has 0 aromatic rings. The fraction of sp³-hybridized carbons (Fsp3) is 0.400. The average Bonchev–Trinajstić information content (AvgIpc) is 1.87. The maximum atomic E-state index is 5.43. The molecule has 0 spiro atoms. The molecule has 2 N–H and O–H groups in total. The third-order valence-electron chi connectivity index (χ3n) is 1.54. The zero-order chi connectivity index (χ0) is 8.85. The van der Waals surface area contributed by atoms with Crippen molar-refractivity contribution in [2.45, 2.75) is 26.7 Å². The van der Waals surface area contributed by atoms with Gasteiger partial charge < -0.3 is 5.73 Å². The molecule has 1 nitrogen and oxygen atoms in total. The third-order valence-corrected chi connectivity index (χ3v) is 1.54. The Labute approximate surface area is 69.3 Å². The Kier molecular flexibility index (Phi) is 4.35. The van der Waals surface area contributed by atoms with Gasteiger partial charge in [0.25, 0.3) is 0 Å². The topological polar surface area (TPSA) is 26.0 Å². The summed E-state index contributed by atoms with van der Waals surface area (Å²) in [5, 5.41) is 0. The molecule has 0 aliphatic heterocycles. The molecule has 0 aliphatic rings. The summed E-state index contributed by atoms with van der Waals surface area (Å²) >= 11 is 0. The molecule has 0 atom stereocenters. The van der Waals surface area contributed by atoms with Crippen LogP contribution in [0.25, 0.3) is 0 Å². The van der Waals surface area contributed by atoms with E-state index in [4.69, 9.17) is 5.73 Å². The van der Waals surface area contributed by atoms with Crippen LogP contribution in [-0.4, -0.2) is 0 Å². The lowest BCUT2D eigenvalue weighted by Crippen LogP contribution is -1.93. The minimum Gasteiger partial charge on any atom is -0.402 e. The van der Waals surface area contributed by atoms with Gasteiger partial charge in [-0.2, -0.15) is 0 Å². The lowest BCUT2D eigenvalue weighted by atomic mass is 10.1. The molecule has 0 saturated carbocycles. The summed E-state index contributed by atoms with van der Waals surface area (Å²) in [5.41, 5.74) is 8.53. The molecule has 62 valence electrons. The number of hydrogen-bond donors (Lipinski definition) is 1. The van der Waals surface area contributed by atoms with Gasteiger partial charge in [-0.3, -0.25) is 0 Å². The number of rotatable bonds is 4. The summed E-state index contributed by atoms with van der Waals surface area (Å²) in [6.07, 6.45) is 3.86. The van der Waals surface area contributed by atoms with Crippen molar-refractivity contribution in [2.24, 2.45) is 5.73 Å². The van der Waals surface area contributed by atoms with Crippen molar-refractivity contribution in [1.29, 1.82) is 0 Å². The van der Waals surface area contributed by atoms with E-state index in [1.807, 2.05) is 6.92 Å². The Morgan fingerprint density at radius 1 is 1.45 bits per heavy atom. The maximum Gasteiger partial charge on any atom is 0.00491 e. The van der Waals surface area contributed by atoms with E-state index >= 15 is 0 Å². The first-order chi connectivity index (χ1) is 5.07. The number of allylic oxidation sites excluding steroid dienone is 3. The number of nitrogens with two attached hydrogens (primary N) is 1. The maximum absolute atomic E-state index is 5.43. The van der Waals surface area contributed by atoms with E-state index in [2.05, 4.69) is 26.2 Å². The lowest BCUT2D eigenvalue weighted by molar-refractivity contribution is 1.06. The molecule has 0 amide bonds. The summed E-state index contributed by atoms with van der Waals surface area (Å²) in [6.45, 7) is 11.6. The van der Waals surface area contributed by atoms with Gasteiger partial charge in [-0.15, -0.1) is 0 Å². The molecule has 0 saturated heterocycles. The van der Waals surface area contributed by atoms with E-state index in [1.165, 1.54) is 5.57 Å². The van der Waals surface area contributed by atoms with Gasteiger partial charge >= 0.3 is 0 Å². The van der Waals surface area contributed by atoms with Gasteiger partial charge in [0.05, 0.1) is 0 Å². The summed E-state index contributed by atoms with van der Waals surface area (Å²) in [6, 6.07) is 0. The van der Waals surface area contributed by atoms with Crippen LogP contribution >= 0.6 is 0 Å². The second-order valence-corrected chi connectivity index (χ2v) is 2.73. The van der Waals surface area contributed by atoms with Gasteiger partial charge in [-0.1, -0.05) is 31.7 Å². The predicted molar refractivity (Wildman–Crippen MR) is 51.1 cm³/mol. The molecule has 0 radical (unpaired) electrons. The first kappa shape index (κ1) is 10.0. The fourth-order valence-corrected chi connectivity index (χ4v) is 0.875. The SMILES string of the molecule is C=C(N)C/C=C(/CC)C(=C)C. The van der Waals surface area contributed by atoms with Crippen molar-refractivity contribution in [3.8, 4) is 0 Å². The van der Waals surface area contributed by atoms with E-state index in [-0.39, 0.29) is 0 Å². The van der Waals surface area contributed by atoms with Crippen LogP contribution in [0.2, 0.25) is 0 Å². The smallest absolute Gasteiger partial charge is 0.00491 e. The van der Waals surface area contributed by atoms with E-state index in [9.17, 15) is 0 Å². The van der Waals surface area contributed by atoms with Crippen LogP contribution in [0.4, 0.5) is 0 Å². The fourth-order valence-electron chi connectivity index (χ4n) is 0.875. The Morgan fingerprint density at radius 3 is 2.27 bits per heavy atom. The van der Waals surface area contributed by atoms with E-state index in [1.54, 1.807) is 0 Å². The van der Waals surface area contributed by atoms with Crippen molar-refractivity contribution in [3.05, 3.63) is 36.1 Å². The Balaban J connectivity index is 4.13.